The highest BCUT2D eigenvalue weighted by Crippen LogP contribution is 2.28. The molecule has 2 aromatic rings. The lowest BCUT2D eigenvalue weighted by Crippen LogP contribution is -2.24. The number of carbonyl (C=O) groups excluding carboxylic acids is 3. The molecule has 1 aromatic heterocycles. The molecular weight excluding hydrogens is 376 g/mol. The summed E-state index contributed by atoms with van der Waals surface area (Å²) in [6.45, 7) is 0.487. The van der Waals surface area contributed by atoms with Crippen LogP contribution in [-0.2, 0) is 14.3 Å². The molecule has 9 heteroatoms. The lowest BCUT2D eigenvalue weighted by molar-refractivity contribution is -0.149. The molecule has 0 saturated carbocycles. The summed E-state index contributed by atoms with van der Waals surface area (Å²) in [5.41, 5.74) is 0.763. The monoisotopic (exact) mass is 392 g/mol. The zero-order chi connectivity index (χ0) is 19.8. The molecule has 0 fully saturated rings. The number of nitrogens with zero attached hydrogens (tertiary/aromatic N) is 1. The highest BCUT2D eigenvalue weighted by Gasteiger charge is 2.13. The molecule has 0 bridgehead atoms. The van der Waals surface area contributed by atoms with Gasteiger partial charge >= 0.3 is 5.97 Å². The number of hydrogen-bond donors (Lipinski definition) is 1. The number of ketones is 1. The minimum Gasteiger partial charge on any atom is -0.493 e. The van der Waals surface area contributed by atoms with Crippen molar-refractivity contribution >= 4 is 34.9 Å². The zero-order valence-corrected chi connectivity index (χ0v) is 15.4. The Morgan fingerprint density at radius 3 is 2.59 bits per heavy atom. The molecule has 0 unspecified atom stereocenters. The van der Waals surface area contributed by atoms with Crippen molar-refractivity contribution in [2.24, 2.45) is 0 Å². The van der Waals surface area contributed by atoms with E-state index >= 15 is 0 Å². The Labute approximate surface area is 160 Å². The van der Waals surface area contributed by atoms with Gasteiger partial charge in [0.25, 0.3) is 5.91 Å². The molecule has 27 heavy (non-hydrogen) atoms. The molecule has 0 aliphatic rings. The summed E-state index contributed by atoms with van der Waals surface area (Å²) in [4.78, 5) is 38.7. The first kappa shape index (κ1) is 20.2. The predicted octanol–water partition coefficient (Wildman–Crippen LogP) is 2.51. The van der Waals surface area contributed by atoms with Gasteiger partial charge in [-0.25, -0.2) is 9.78 Å². The van der Waals surface area contributed by atoms with Crippen LogP contribution >= 0.6 is 11.6 Å². The van der Waals surface area contributed by atoms with Gasteiger partial charge in [-0.1, -0.05) is 11.6 Å². The van der Waals surface area contributed by atoms with Crippen molar-refractivity contribution in [1.29, 1.82) is 0 Å². The van der Waals surface area contributed by atoms with E-state index < -0.39 is 25.1 Å². The number of anilines is 1. The van der Waals surface area contributed by atoms with Crippen molar-refractivity contribution in [2.45, 2.75) is 6.92 Å². The van der Waals surface area contributed by atoms with E-state index in [-0.39, 0.29) is 16.7 Å². The number of halogens is 1. The standard InChI is InChI=1S/C18H17ClN2O6/c1-11(22)12-5-6-14(15(8-12)25-2)26-10-17(24)27-9-16(23)21-13-4-3-7-20-18(13)19/h3-8H,9-10H2,1-2H3,(H,21,23). The lowest BCUT2D eigenvalue weighted by atomic mass is 10.1. The minimum atomic E-state index is -0.750. The third-order valence-electron chi connectivity index (χ3n) is 3.31. The van der Waals surface area contributed by atoms with Crippen molar-refractivity contribution in [3.8, 4) is 11.5 Å². The second kappa shape index (κ2) is 9.54. The van der Waals surface area contributed by atoms with Crippen LogP contribution in [0.25, 0.3) is 0 Å². The summed E-state index contributed by atoms with van der Waals surface area (Å²) in [5, 5.41) is 2.60. The quantitative estimate of drug-likeness (QED) is 0.418. The van der Waals surface area contributed by atoms with E-state index in [0.29, 0.717) is 17.0 Å². The Morgan fingerprint density at radius 2 is 1.93 bits per heavy atom. The predicted molar refractivity (Wildman–Crippen MR) is 97.3 cm³/mol. The SMILES string of the molecule is COc1cc(C(C)=O)ccc1OCC(=O)OCC(=O)Nc1cccnc1Cl. The van der Waals surface area contributed by atoms with Crippen LogP contribution in [0, 0.1) is 0 Å². The van der Waals surface area contributed by atoms with Crippen LogP contribution in [0.15, 0.2) is 36.5 Å². The minimum absolute atomic E-state index is 0.126. The van der Waals surface area contributed by atoms with Crippen LogP contribution in [0.5, 0.6) is 11.5 Å². The molecule has 0 aliphatic carbocycles. The van der Waals surface area contributed by atoms with E-state index in [1.165, 1.54) is 32.4 Å². The van der Waals surface area contributed by atoms with Crippen molar-refractivity contribution in [1.82, 2.24) is 4.98 Å². The highest BCUT2D eigenvalue weighted by molar-refractivity contribution is 6.32. The average molecular weight is 393 g/mol. The number of amides is 1. The first-order chi connectivity index (χ1) is 12.9. The van der Waals surface area contributed by atoms with Crippen molar-refractivity contribution in [3.63, 3.8) is 0 Å². The zero-order valence-electron chi connectivity index (χ0n) is 14.7. The Bertz CT molecular complexity index is 855. The molecular formula is C18H17ClN2O6. The third kappa shape index (κ3) is 5.96. The second-order valence-corrected chi connectivity index (χ2v) is 5.62. The van der Waals surface area contributed by atoms with Gasteiger partial charge in [-0.2, -0.15) is 0 Å². The number of hydrogen-bond acceptors (Lipinski definition) is 7. The van der Waals surface area contributed by atoms with E-state index in [1.54, 1.807) is 18.2 Å². The van der Waals surface area contributed by atoms with Gasteiger partial charge in [-0.3, -0.25) is 9.59 Å². The topological polar surface area (TPSA) is 104 Å². The Morgan fingerprint density at radius 1 is 1.15 bits per heavy atom. The third-order valence-corrected chi connectivity index (χ3v) is 3.61. The van der Waals surface area contributed by atoms with Crippen LogP contribution < -0.4 is 14.8 Å². The van der Waals surface area contributed by atoms with Crippen LogP contribution in [0.2, 0.25) is 5.15 Å². The summed E-state index contributed by atoms with van der Waals surface area (Å²) in [6.07, 6.45) is 1.48. The second-order valence-electron chi connectivity index (χ2n) is 5.26. The van der Waals surface area contributed by atoms with Gasteiger partial charge in [0.15, 0.2) is 35.6 Å². The van der Waals surface area contributed by atoms with Crippen LogP contribution in [0.4, 0.5) is 5.69 Å². The molecule has 0 saturated heterocycles. The van der Waals surface area contributed by atoms with Gasteiger partial charge in [0.1, 0.15) is 0 Å². The number of carbonyl (C=O) groups is 3. The fraction of sp³-hybridized carbons (Fsp3) is 0.222. The fourth-order valence-electron chi connectivity index (χ4n) is 2.00. The number of methoxy groups -OCH3 is 1. The molecule has 0 radical (unpaired) electrons. The molecule has 142 valence electrons. The molecule has 1 amide bonds. The molecule has 8 nitrogen and oxygen atoms in total. The van der Waals surface area contributed by atoms with Crippen molar-refractivity contribution in [2.75, 3.05) is 25.6 Å². The molecule has 2 rings (SSSR count). The summed E-state index contributed by atoms with van der Waals surface area (Å²) in [6, 6.07) is 7.74. The average Bonchev–Trinajstić information content (AvgIpc) is 2.66. The number of nitrogens with one attached hydrogen (secondary N) is 1. The highest BCUT2D eigenvalue weighted by atomic mass is 35.5. The number of aromatic nitrogens is 1. The van der Waals surface area contributed by atoms with E-state index in [0.717, 1.165) is 0 Å². The normalized spacial score (nSPS) is 10.0. The molecule has 1 N–H and O–H groups in total. The van der Waals surface area contributed by atoms with Gasteiger partial charge in [-0.15, -0.1) is 0 Å². The summed E-state index contributed by atoms with van der Waals surface area (Å²) in [7, 11) is 1.42. The molecule has 0 spiro atoms. The van der Waals surface area contributed by atoms with Gasteiger partial charge < -0.3 is 19.5 Å². The number of benzene rings is 1. The van der Waals surface area contributed by atoms with E-state index in [2.05, 4.69) is 10.3 Å². The van der Waals surface area contributed by atoms with Crippen molar-refractivity contribution in [3.05, 3.63) is 47.2 Å². The maximum absolute atomic E-state index is 11.8. The maximum Gasteiger partial charge on any atom is 0.344 e. The van der Waals surface area contributed by atoms with Crippen LogP contribution in [-0.4, -0.2) is 43.0 Å². The van der Waals surface area contributed by atoms with E-state index in [1.807, 2.05) is 0 Å². The van der Waals surface area contributed by atoms with Gasteiger partial charge in [0, 0.05) is 11.8 Å². The summed E-state index contributed by atoms with van der Waals surface area (Å²) in [5.74, 6) is -0.869. The summed E-state index contributed by atoms with van der Waals surface area (Å²) >= 11 is 5.82. The Kier molecular flexibility index (Phi) is 7.13. The smallest absolute Gasteiger partial charge is 0.344 e. The first-order valence-corrected chi connectivity index (χ1v) is 8.16. The fourth-order valence-corrected chi connectivity index (χ4v) is 2.16. The van der Waals surface area contributed by atoms with Crippen LogP contribution in [0.1, 0.15) is 17.3 Å². The summed E-state index contributed by atoms with van der Waals surface area (Å²) < 4.78 is 15.3. The number of pyridine rings is 1. The van der Waals surface area contributed by atoms with Gasteiger partial charge in [-0.05, 0) is 37.3 Å². The maximum atomic E-state index is 11.8. The first-order valence-electron chi connectivity index (χ1n) is 7.78. The lowest BCUT2D eigenvalue weighted by Gasteiger charge is -2.11. The Balaban J connectivity index is 1.83. The molecule has 1 heterocycles. The van der Waals surface area contributed by atoms with Crippen molar-refractivity contribution < 1.29 is 28.6 Å². The van der Waals surface area contributed by atoms with Gasteiger partial charge in [0.2, 0.25) is 0 Å². The number of ether oxygens (including phenoxy) is 3. The number of esters is 1. The van der Waals surface area contributed by atoms with Crippen LogP contribution in [0.3, 0.4) is 0 Å². The number of Topliss-reactive ketones (excluding diaryl/α,β-unsaturated/α-hetero) is 1. The molecule has 0 atom stereocenters. The molecule has 1 aromatic carbocycles. The Hall–Kier alpha value is -3.13. The largest absolute Gasteiger partial charge is 0.493 e. The van der Waals surface area contributed by atoms with E-state index in [9.17, 15) is 14.4 Å². The molecule has 0 aliphatic heterocycles. The van der Waals surface area contributed by atoms with Gasteiger partial charge in [0.05, 0.1) is 12.8 Å². The number of rotatable bonds is 8. The van der Waals surface area contributed by atoms with E-state index in [4.69, 9.17) is 25.8 Å².